The second kappa shape index (κ2) is 10.8. The maximum atomic E-state index is 13.5. The second-order valence-electron chi connectivity index (χ2n) is 11.3. The van der Waals surface area contributed by atoms with Crippen molar-refractivity contribution in [1.29, 1.82) is 0 Å². The molecule has 1 aliphatic carbocycles. The van der Waals surface area contributed by atoms with Crippen molar-refractivity contribution in [3.8, 4) is 5.75 Å². The third-order valence-electron chi connectivity index (χ3n) is 7.59. The fraction of sp³-hybridized carbons (Fsp3) is 0.483. The van der Waals surface area contributed by atoms with Crippen molar-refractivity contribution >= 4 is 35.2 Å². The summed E-state index contributed by atoms with van der Waals surface area (Å²) in [5, 5.41) is 3.39. The highest BCUT2D eigenvalue weighted by atomic mass is 35.5. The van der Waals surface area contributed by atoms with E-state index in [1.165, 1.54) is 0 Å². The number of anilines is 1. The lowest BCUT2D eigenvalue weighted by atomic mass is 9.82. The van der Waals surface area contributed by atoms with Gasteiger partial charge < -0.3 is 25.4 Å². The lowest BCUT2D eigenvalue weighted by molar-refractivity contribution is -0.121. The van der Waals surface area contributed by atoms with E-state index in [1.807, 2.05) is 56.9 Å². The molecule has 2 aliphatic rings. The second-order valence-corrected chi connectivity index (χ2v) is 11.7. The van der Waals surface area contributed by atoms with Crippen LogP contribution in [0.2, 0.25) is 5.02 Å². The fourth-order valence-electron chi connectivity index (χ4n) is 5.58. The smallest absolute Gasteiger partial charge is 0.405 e. The van der Waals surface area contributed by atoms with Gasteiger partial charge in [0.2, 0.25) is 5.91 Å². The molecule has 38 heavy (non-hydrogen) atoms. The number of hydrogen-bond acceptors (Lipinski definition) is 5. The molecule has 3 N–H and O–H groups in total. The molecule has 204 valence electrons. The van der Waals surface area contributed by atoms with E-state index in [9.17, 15) is 14.4 Å². The summed E-state index contributed by atoms with van der Waals surface area (Å²) in [7, 11) is 1.61. The quantitative estimate of drug-likeness (QED) is 0.466. The van der Waals surface area contributed by atoms with Gasteiger partial charge in [-0.05, 0) is 61.4 Å². The van der Waals surface area contributed by atoms with Crippen LogP contribution in [-0.4, -0.2) is 36.0 Å². The van der Waals surface area contributed by atoms with Crippen LogP contribution in [0.3, 0.4) is 0 Å². The average Bonchev–Trinajstić information content (AvgIpc) is 3.21. The highest BCUT2D eigenvalue weighted by molar-refractivity contribution is 6.34. The molecule has 0 bridgehead atoms. The molecule has 1 atom stereocenters. The number of nitrogens with two attached hydrogens (primary N) is 1. The van der Waals surface area contributed by atoms with Crippen LogP contribution in [0.1, 0.15) is 79.6 Å². The Morgan fingerprint density at radius 1 is 1.13 bits per heavy atom. The van der Waals surface area contributed by atoms with Crippen molar-refractivity contribution in [1.82, 2.24) is 4.90 Å². The summed E-state index contributed by atoms with van der Waals surface area (Å²) < 4.78 is 10.9. The van der Waals surface area contributed by atoms with Gasteiger partial charge in [0.05, 0.1) is 17.7 Å². The number of carbonyl (C=O) groups excluding carboxylic acids is 3. The molecule has 2 aromatic rings. The summed E-state index contributed by atoms with van der Waals surface area (Å²) >= 11 is 6.50. The van der Waals surface area contributed by atoms with Crippen molar-refractivity contribution in [3.05, 3.63) is 57.6 Å². The molecule has 0 radical (unpaired) electrons. The van der Waals surface area contributed by atoms with Crippen molar-refractivity contribution in [2.75, 3.05) is 12.4 Å². The SMILES string of the molecule is COc1cc(NC(=O)C2CCC(N3Cc4c(C(OC(N)=O)C(C)(C)C)ccc(Cl)c4C3=O)CC2)ccc1C. The summed E-state index contributed by atoms with van der Waals surface area (Å²) in [6.45, 7) is 8.19. The molecule has 0 spiro atoms. The Kier molecular flexibility index (Phi) is 7.93. The van der Waals surface area contributed by atoms with Gasteiger partial charge in [-0.1, -0.05) is 44.5 Å². The highest BCUT2D eigenvalue weighted by Gasteiger charge is 2.41. The first-order chi connectivity index (χ1) is 17.9. The lowest BCUT2D eigenvalue weighted by Crippen LogP contribution is -2.40. The van der Waals surface area contributed by atoms with Crippen LogP contribution >= 0.6 is 11.6 Å². The Hall–Kier alpha value is -3.26. The van der Waals surface area contributed by atoms with Crippen LogP contribution in [0.5, 0.6) is 5.75 Å². The van der Waals surface area contributed by atoms with Crippen molar-refractivity contribution in [2.24, 2.45) is 17.1 Å². The summed E-state index contributed by atoms with van der Waals surface area (Å²) in [6.07, 6.45) is 1.28. The molecule has 8 nitrogen and oxygen atoms in total. The zero-order chi connectivity index (χ0) is 27.8. The largest absolute Gasteiger partial charge is 0.496 e. The number of halogens is 1. The van der Waals surface area contributed by atoms with E-state index in [2.05, 4.69) is 5.32 Å². The molecule has 4 rings (SSSR count). The van der Waals surface area contributed by atoms with Crippen LogP contribution in [0, 0.1) is 18.3 Å². The number of fused-ring (bicyclic) bond motifs is 1. The number of amides is 3. The number of nitrogens with one attached hydrogen (secondary N) is 1. The summed E-state index contributed by atoms with van der Waals surface area (Å²) in [4.78, 5) is 40.0. The Morgan fingerprint density at radius 3 is 2.42 bits per heavy atom. The molecule has 0 aromatic heterocycles. The Labute approximate surface area is 228 Å². The maximum absolute atomic E-state index is 13.5. The topological polar surface area (TPSA) is 111 Å². The van der Waals surface area contributed by atoms with Crippen molar-refractivity contribution in [3.63, 3.8) is 0 Å². The lowest BCUT2D eigenvalue weighted by Gasteiger charge is -2.34. The van der Waals surface area contributed by atoms with E-state index in [4.69, 9.17) is 26.8 Å². The predicted octanol–water partition coefficient (Wildman–Crippen LogP) is 5.99. The molecule has 1 fully saturated rings. The predicted molar refractivity (Wildman–Crippen MR) is 146 cm³/mol. The molecular formula is C29H36ClN3O5. The first kappa shape index (κ1) is 27.8. The van der Waals surface area contributed by atoms with Crippen LogP contribution in [0.25, 0.3) is 0 Å². The van der Waals surface area contributed by atoms with Gasteiger partial charge in [-0.15, -0.1) is 0 Å². The normalized spacial score (nSPS) is 20.1. The van der Waals surface area contributed by atoms with Gasteiger partial charge in [0.15, 0.2) is 0 Å². The van der Waals surface area contributed by atoms with Gasteiger partial charge in [-0.2, -0.15) is 0 Å². The fourth-order valence-corrected chi connectivity index (χ4v) is 5.84. The molecule has 0 saturated heterocycles. The summed E-state index contributed by atoms with van der Waals surface area (Å²) in [5.74, 6) is 0.448. The minimum Gasteiger partial charge on any atom is -0.496 e. The van der Waals surface area contributed by atoms with Crippen LogP contribution in [-0.2, 0) is 16.1 Å². The monoisotopic (exact) mass is 541 g/mol. The number of benzene rings is 2. The average molecular weight is 542 g/mol. The highest BCUT2D eigenvalue weighted by Crippen LogP contribution is 2.44. The summed E-state index contributed by atoms with van der Waals surface area (Å²) in [6, 6.07) is 9.11. The van der Waals surface area contributed by atoms with E-state index in [-0.39, 0.29) is 23.8 Å². The number of rotatable bonds is 6. The standard InChI is InChI=1S/C29H36ClN3O5/c1-16-6-9-18(14-23(16)37-5)32-26(34)17-7-10-19(11-8-17)33-15-21-20(12-13-22(30)24(21)27(33)35)25(29(2,3)4)38-28(31)36/h6,9,12-14,17,19,25H,7-8,10-11,15H2,1-5H3,(H2,31,36)(H,32,34). The van der Waals surface area contributed by atoms with Crippen LogP contribution < -0.4 is 15.8 Å². The Morgan fingerprint density at radius 2 is 1.82 bits per heavy atom. The Bertz CT molecular complexity index is 1250. The minimum atomic E-state index is -0.865. The maximum Gasteiger partial charge on any atom is 0.405 e. The molecule has 1 saturated carbocycles. The van der Waals surface area contributed by atoms with E-state index in [0.717, 1.165) is 22.4 Å². The van der Waals surface area contributed by atoms with E-state index < -0.39 is 17.6 Å². The first-order valence-electron chi connectivity index (χ1n) is 12.9. The Balaban J connectivity index is 1.46. The van der Waals surface area contributed by atoms with Crippen LogP contribution in [0.4, 0.5) is 10.5 Å². The third-order valence-corrected chi connectivity index (χ3v) is 7.90. The van der Waals surface area contributed by atoms with Gasteiger partial charge >= 0.3 is 6.09 Å². The van der Waals surface area contributed by atoms with Gasteiger partial charge in [-0.3, -0.25) is 9.59 Å². The van der Waals surface area contributed by atoms with Gasteiger partial charge in [-0.25, -0.2) is 4.79 Å². The van der Waals surface area contributed by atoms with E-state index in [0.29, 0.717) is 48.5 Å². The van der Waals surface area contributed by atoms with Gasteiger partial charge in [0.25, 0.3) is 5.91 Å². The van der Waals surface area contributed by atoms with E-state index in [1.54, 1.807) is 13.2 Å². The molecule has 2 aromatic carbocycles. The number of aryl methyl sites for hydroxylation is 1. The molecule has 1 heterocycles. The number of carbonyl (C=O) groups is 3. The van der Waals surface area contributed by atoms with Crippen molar-refractivity contribution < 1.29 is 23.9 Å². The van der Waals surface area contributed by atoms with Crippen LogP contribution in [0.15, 0.2) is 30.3 Å². The van der Waals surface area contributed by atoms with Gasteiger partial charge in [0, 0.05) is 35.7 Å². The molecule has 1 aliphatic heterocycles. The third kappa shape index (κ3) is 5.60. The van der Waals surface area contributed by atoms with Crippen molar-refractivity contribution in [2.45, 2.75) is 72.1 Å². The minimum absolute atomic E-state index is 0.00696. The van der Waals surface area contributed by atoms with Gasteiger partial charge in [0.1, 0.15) is 11.9 Å². The zero-order valence-electron chi connectivity index (χ0n) is 22.6. The molecule has 3 amide bonds. The number of primary amides is 1. The zero-order valence-corrected chi connectivity index (χ0v) is 23.4. The summed E-state index contributed by atoms with van der Waals surface area (Å²) in [5.41, 5.74) is 8.62. The van der Waals surface area contributed by atoms with E-state index >= 15 is 0 Å². The number of nitrogens with zero attached hydrogens (tertiary/aromatic N) is 1. The number of hydrogen-bond donors (Lipinski definition) is 2. The number of ether oxygens (including phenoxy) is 2. The molecule has 1 unspecified atom stereocenters. The first-order valence-corrected chi connectivity index (χ1v) is 13.3. The molecule has 9 heteroatoms. The molecular weight excluding hydrogens is 506 g/mol. The number of methoxy groups -OCH3 is 1.